The molecular formula is C17H23N. The second-order valence-electron chi connectivity index (χ2n) is 5.67. The Labute approximate surface area is 111 Å². The number of nitriles is 1. The van der Waals surface area contributed by atoms with Crippen LogP contribution in [-0.4, -0.2) is 0 Å². The molecule has 1 saturated carbocycles. The number of benzene rings is 1. The number of hydrogen-bond donors (Lipinski definition) is 0. The molecule has 1 aliphatic carbocycles. The van der Waals surface area contributed by atoms with Crippen LogP contribution in [0.2, 0.25) is 0 Å². The number of rotatable bonds is 4. The maximum atomic E-state index is 8.75. The lowest BCUT2D eigenvalue weighted by molar-refractivity contribution is 0.268. The third-order valence-corrected chi connectivity index (χ3v) is 4.47. The topological polar surface area (TPSA) is 23.8 Å². The number of nitrogens with zero attached hydrogens (tertiary/aromatic N) is 1. The molecule has 0 heterocycles. The van der Waals surface area contributed by atoms with Gasteiger partial charge >= 0.3 is 0 Å². The number of hydrogen-bond acceptors (Lipinski definition) is 1. The van der Waals surface area contributed by atoms with Crippen molar-refractivity contribution in [1.82, 2.24) is 0 Å². The maximum Gasteiger partial charge on any atom is 0.0621 e. The van der Waals surface area contributed by atoms with Gasteiger partial charge in [-0.15, -0.1) is 0 Å². The van der Waals surface area contributed by atoms with Crippen LogP contribution in [0.3, 0.4) is 0 Å². The van der Waals surface area contributed by atoms with E-state index in [1.807, 2.05) is 0 Å². The molecular weight excluding hydrogens is 218 g/mol. The number of aryl methyl sites for hydroxylation is 1. The SMILES string of the molecule is Cc1ccccc1C1(CCCC#N)CCCCC1. The fourth-order valence-electron chi connectivity index (χ4n) is 3.56. The van der Waals surface area contributed by atoms with Crippen molar-refractivity contribution in [3.05, 3.63) is 35.4 Å². The summed E-state index contributed by atoms with van der Waals surface area (Å²) in [5.41, 5.74) is 3.33. The van der Waals surface area contributed by atoms with Gasteiger partial charge in [0.15, 0.2) is 0 Å². The normalized spacial score (nSPS) is 18.2. The highest BCUT2D eigenvalue weighted by Crippen LogP contribution is 2.44. The van der Waals surface area contributed by atoms with Crippen LogP contribution in [0, 0.1) is 18.3 Å². The van der Waals surface area contributed by atoms with Crippen LogP contribution < -0.4 is 0 Å². The maximum absolute atomic E-state index is 8.75. The summed E-state index contributed by atoms with van der Waals surface area (Å²) >= 11 is 0. The van der Waals surface area contributed by atoms with E-state index in [9.17, 15) is 0 Å². The molecule has 0 unspecified atom stereocenters. The van der Waals surface area contributed by atoms with Gasteiger partial charge in [0.1, 0.15) is 0 Å². The van der Waals surface area contributed by atoms with Crippen molar-refractivity contribution in [3.63, 3.8) is 0 Å². The highest BCUT2D eigenvalue weighted by molar-refractivity contribution is 5.33. The molecule has 0 aliphatic heterocycles. The van der Waals surface area contributed by atoms with Crippen LogP contribution >= 0.6 is 0 Å². The minimum atomic E-state index is 0.362. The Morgan fingerprint density at radius 3 is 2.56 bits per heavy atom. The average molecular weight is 241 g/mol. The van der Waals surface area contributed by atoms with Crippen molar-refractivity contribution in [3.8, 4) is 6.07 Å². The third kappa shape index (κ3) is 2.75. The minimum absolute atomic E-state index is 0.362. The van der Waals surface area contributed by atoms with Crippen LogP contribution in [0.5, 0.6) is 0 Å². The monoisotopic (exact) mass is 241 g/mol. The van der Waals surface area contributed by atoms with Gasteiger partial charge in [-0.2, -0.15) is 5.26 Å². The standard InChI is InChI=1S/C17H23N/c1-15-9-3-4-10-16(15)17(13-7-8-14-18)11-5-2-6-12-17/h3-4,9-10H,2,5-8,11-13H2,1H3. The van der Waals surface area contributed by atoms with E-state index in [-0.39, 0.29) is 0 Å². The van der Waals surface area contributed by atoms with Crippen molar-refractivity contribution < 1.29 is 0 Å². The van der Waals surface area contributed by atoms with E-state index in [0.717, 1.165) is 6.42 Å². The van der Waals surface area contributed by atoms with E-state index in [1.165, 1.54) is 44.1 Å². The molecule has 0 spiro atoms. The Bertz CT molecular complexity index is 421. The Morgan fingerprint density at radius 1 is 1.17 bits per heavy atom. The predicted molar refractivity (Wildman–Crippen MR) is 75.4 cm³/mol. The quantitative estimate of drug-likeness (QED) is 0.688. The first-order valence-electron chi connectivity index (χ1n) is 7.22. The van der Waals surface area contributed by atoms with Crippen molar-refractivity contribution in [2.75, 3.05) is 0 Å². The molecule has 0 radical (unpaired) electrons. The van der Waals surface area contributed by atoms with E-state index in [2.05, 4.69) is 37.3 Å². The first kappa shape index (κ1) is 13.1. The highest BCUT2D eigenvalue weighted by atomic mass is 14.4. The first-order chi connectivity index (χ1) is 8.78. The van der Waals surface area contributed by atoms with E-state index >= 15 is 0 Å². The zero-order chi connectivity index (χ0) is 12.8. The van der Waals surface area contributed by atoms with Crippen molar-refractivity contribution in [1.29, 1.82) is 5.26 Å². The fraction of sp³-hybridized carbons (Fsp3) is 0.588. The second-order valence-corrected chi connectivity index (χ2v) is 5.67. The molecule has 0 saturated heterocycles. The fourth-order valence-corrected chi connectivity index (χ4v) is 3.56. The molecule has 18 heavy (non-hydrogen) atoms. The summed E-state index contributed by atoms with van der Waals surface area (Å²) in [6.45, 7) is 2.23. The summed E-state index contributed by atoms with van der Waals surface area (Å²) in [5, 5.41) is 8.75. The molecule has 1 fully saturated rings. The van der Waals surface area contributed by atoms with Crippen LogP contribution in [0.25, 0.3) is 0 Å². The molecule has 1 aromatic carbocycles. The van der Waals surface area contributed by atoms with E-state index < -0.39 is 0 Å². The number of unbranched alkanes of at least 4 members (excludes halogenated alkanes) is 1. The zero-order valence-corrected chi connectivity index (χ0v) is 11.4. The molecule has 1 aromatic rings. The molecule has 2 rings (SSSR count). The smallest absolute Gasteiger partial charge is 0.0621 e. The largest absolute Gasteiger partial charge is 0.198 e. The molecule has 0 aromatic heterocycles. The summed E-state index contributed by atoms with van der Waals surface area (Å²) in [6, 6.07) is 11.1. The molecule has 0 bridgehead atoms. The minimum Gasteiger partial charge on any atom is -0.198 e. The van der Waals surface area contributed by atoms with Crippen LogP contribution in [0.15, 0.2) is 24.3 Å². The third-order valence-electron chi connectivity index (χ3n) is 4.47. The summed E-state index contributed by atoms with van der Waals surface area (Å²) in [7, 11) is 0. The van der Waals surface area contributed by atoms with Gasteiger partial charge in [0.2, 0.25) is 0 Å². The Balaban J connectivity index is 2.24. The van der Waals surface area contributed by atoms with Crippen LogP contribution in [0.4, 0.5) is 0 Å². The van der Waals surface area contributed by atoms with E-state index in [4.69, 9.17) is 5.26 Å². The molecule has 0 N–H and O–H groups in total. The van der Waals surface area contributed by atoms with Crippen LogP contribution in [-0.2, 0) is 5.41 Å². The van der Waals surface area contributed by atoms with Gasteiger partial charge in [0.25, 0.3) is 0 Å². The van der Waals surface area contributed by atoms with Gasteiger partial charge in [-0.25, -0.2) is 0 Å². The Kier molecular flexibility index (Phi) is 4.42. The van der Waals surface area contributed by atoms with E-state index in [1.54, 1.807) is 5.56 Å². The molecule has 1 aliphatic rings. The average Bonchev–Trinajstić information content (AvgIpc) is 2.40. The van der Waals surface area contributed by atoms with Crippen molar-refractivity contribution >= 4 is 0 Å². The summed E-state index contributed by atoms with van der Waals surface area (Å²) in [5.74, 6) is 0. The second kappa shape index (κ2) is 6.05. The first-order valence-corrected chi connectivity index (χ1v) is 7.22. The van der Waals surface area contributed by atoms with Gasteiger partial charge < -0.3 is 0 Å². The van der Waals surface area contributed by atoms with E-state index in [0.29, 0.717) is 11.8 Å². The lowest BCUT2D eigenvalue weighted by atomic mass is 9.65. The van der Waals surface area contributed by atoms with Crippen LogP contribution in [0.1, 0.15) is 62.5 Å². The zero-order valence-electron chi connectivity index (χ0n) is 11.4. The molecule has 1 heteroatoms. The van der Waals surface area contributed by atoms with Gasteiger partial charge in [-0.05, 0) is 49.1 Å². The highest BCUT2D eigenvalue weighted by Gasteiger charge is 2.34. The molecule has 1 nitrogen and oxygen atoms in total. The molecule has 0 amide bonds. The summed E-state index contributed by atoms with van der Waals surface area (Å²) in [4.78, 5) is 0. The van der Waals surface area contributed by atoms with Gasteiger partial charge in [0.05, 0.1) is 6.07 Å². The Hall–Kier alpha value is -1.29. The lowest BCUT2D eigenvalue weighted by Gasteiger charge is -2.39. The van der Waals surface area contributed by atoms with Crippen molar-refractivity contribution in [2.24, 2.45) is 0 Å². The molecule has 0 atom stereocenters. The predicted octanol–water partition coefficient (Wildman–Crippen LogP) is 4.89. The Morgan fingerprint density at radius 2 is 1.89 bits per heavy atom. The van der Waals surface area contributed by atoms with Gasteiger partial charge in [0, 0.05) is 6.42 Å². The van der Waals surface area contributed by atoms with Gasteiger partial charge in [-0.1, -0.05) is 43.5 Å². The summed E-state index contributed by atoms with van der Waals surface area (Å²) in [6.07, 6.45) is 9.63. The van der Waals surface area contributed by atoms with Gasteiger partial charge in [-0.3, -0.25) is 0 Å². The lowest BCUT2D eigenvalue weighted by Crippen LogP contribution is -2.29. The molecule has 96 valence electrons. The summed E-state index contributed by atoms with van der Waals surface area (Å²) < 4.78 is 0. The van der Waals surface area contributed by atoms with Crippen molar-refractivity contribution in [2.45, 2.75) is 63.7 Å².